The van der Waals surface area contributed by atoms with Gasteiger partial charge in [-0.1, -0.05) is 19.1 Å². The summed E-state index contributed by atoms with van der Waals surface area (Å²) in [4.78, 5) is 11.8. The van der Waals surface area contributed by atoms with Gasteiger partial charge in [0.25, 0.3) is 0 Å². The van der Waals surface area contributed by atoms with Crippen molar-refractivity contribution in [3.05, 3.63) is 23.8 Å². The number of nitrogens with two attached hydrogens (primary N) is 1. The van der Waals surface area contributed by atoms with Crippen LogP contribution in [0.15, 0.2) is 23.1 Å². The van der Waals surface area contributed by atoms with Gasteiger partial charge in [0.15, 0.2) is 9.84 Å². The largest absolute Gasteiger partial charge is 0.397 e. The molecule has 1 rings (SSSR count). The fraction of sp³-hybridized carbons (Fsp3) is 0.462. The zero-order chi connectivity index (χ0) is 14.6. The number of anilines is 1. The molecule has 0 saturated carbocycles. The average Bonchev–Trinajstić information content (AvgIpc) is 2.37. The number of para-hydroxylation sites is 1. The third kappa shape index (κ3) is 3.26. The summed E-state index contributed by atoms with van der Waals surface area (Å²) in [5.41, 5.74) is 6.68. The molecule has 0 fully saturated rings. The van der Waals surface area contributed by atoms with E-state index in [0.29, 0.717) is 12.1 Å². The van der Waals surface area contributed by atoms with Crippen LogP contribution in [0.25, 0.3) is 0 Å². The van der Waals surface area contributed by atoms with Gasteiger partial charge in [0.05, 0.1) is 10.6 Å². The summed E-state index contributed by atoms with van der Waals surface area (Å²) in [6.07, 6.45) is 0.755. The summed E-state index contributed by atoms with van der Waals surface area (Å²) in [5, 5.41) is 1.43. The van der Waals surface area contributed by atoms with Crippen LogP contribution in [-0.4, -0.2) is 26.1 Å². The standard InChI is InChI=1S/C13H20N2O3S/c1-4-8-15-13(16)10(3)19(17,18)11-7-5-6-9(2)12(11)14/h5-7,10H,4,8,14H2,1-3H3,(H,15,16). The average molecular weight is 284 g/mol. The van der Waals surface area contributed by atoms with Gasteiger partial charge < -0.3 is 11.1 Å². The number of carbonyl (C=O) groups excluding carboxylic acids is 1. The molecule has 1 amide bonds. The Labute approximate surface area is 114 Å². The van der Waals surface area contributed by atoms with Crippen molar-refractivity contribution >= 4 is 21.4 Å². The summed E-state index contributed by atoms with van der Waals surface area (Å²) in [6.45, 7) is 5.47. The maximum Gasteiger partial charge on any atom is 0.238 e. The van der Waals surface area contributed by atoms with Crippen LogP contribution in [0.4, 0.5) is 5.69 Å². The minimum atomic E-state index is -3.76. The number of carbonyl (C=O) groups is 1. The lowest BCUT2D eigenvalue weighted by molar-refractivity contribution is -0.120. The summed E-state index contributed by atoms with van der Waals surface area (Å²) in [5.74, 6) is -0.497. The third-order valence-electron chi connectivity index (χ3n) is 2.97. The van der Waals surface area contributed by atoms with Crippen LogP contribution in [0.2, 0.25) is 0 Å². The highest BCUT2D eigenvalue weighted by atomic mass is 32.2. The number of rotatable bonds is 5. The molecule has 0 spiro atoms. The Morgan fingerprint density at radius 1 is 1.42 bits per heavy atom. The molecular formula is C13H20N2O3S. The zero-order valence-corrected chi connectivity index (χ0v) is 12.3. The Bertz CT molecular complexity index is 567. The summed E-state index contributed by atoms with van der Waals surface area (Å²) in [6, 6.07) is 4.78. The maximum absolute atomic E-state index is 12.4. The number of sulfone groups is 1. The van der Waals surface area contributed by atoms with Crippen LogP contribution in [0, 0.1) is 6.92 Å². The minimum absolute atomic E-state index is 0.0200. The van der Waals surface area contributed by atoms with Crippen molar-refractivity contribution in [2.75, 3.05) is 12.3 Å². The van der Waals surface area contributed by atoms with Crippen LogP contribution in [0.1, 0.15) is 25.8 Å². The first-order chi connectivity index (χ1) is 8.82. The second-order valence-corrected chi connectivity index (χ2v) is 6.70. The molecule has 0 bridgehead atoms. The number of nitrogen functional groups attached to an aromatic ring is 1. The van der Waals surface area contributed by atoms with Crippen molar-refractivity contribution in [1.29, 1.82) is 0 Å². The molecule has 3 N–H and O–H groups in total. The van der Waals surface area contributed by atoms with Gasteiger partial charge in [0.1, 0.15) is 5.25 Å². The predicted octanol–water partition coefficient (Wildman–Crippen LogP) is 1.27. The molecule has 6 heteroatoms. The highest BCUT2D eigenvalue weighted by Gasteiger charge is 2.31. The quantitative estimate of drug-likeness (QED) is 0.797. The molecule has 0 heterocycles. The first-order valence-corrected chi connectivity index (χ1v) is 7.73. The van der Waals surface area contributed by atoms with Gasteiger partial charge >= 0.3 is 0 Å². The number of aryl methyl sites for hydroxylation is 1. The van der Waals surface area contributed by atoms with Gasteiger partial charge in [-0.3, -0.25) is 4.79 Å². The molecule has 5 nitrogen and oxygen atoms in total. The van der Waals surface area contributed by atoms with E-state index in [-0.39, 0.29) is 10.6 Å². The van der Waals surface area contributed by atoms with Gasteiger partial charge in [0, 0.05) is 6.54 Å². The lowest BCUT2D eigenvalue weighted by atomic mass is 10.2. The lowest BCUT2D eigenvalue weighted by Gasteiger charge is -2.15. The SMILES string of the molecule is CCCNC(=O)C(C)S(=O)(=O)c1cccc(C)c1N. The molecule has 106 valence electrons. The minimum Gasteiger partial charge on any atom is -0.397 e. The van der Waals surface area contributed by atoms with E-state index < -0.39 is 21.0 Å². The Morgan fingerprint density at radius 2 is 2.05 bits per heavy atom. The fourth-order valence-electron chi connectivity index (χ4n) is 1.63. The Hall–Kier alpha value is -1.56. The zero-order valence-electron chi connectivity index (χ0n) is 11.4. The van der Waals surface area contributed by atoms with Crippen molar-refractivity contribution in [2.24, 2.45) is 0 Å². The third-order valence-corrected chi connectivity index (χ3v) is 5.09. The number of amides is 1. The topological polar surface area (TPSA) is 89.3 Å². The summed E-state index contributed by atoms with van der Waals surface area (Å²) >= 11 is 0. The Morgan fingerprint density at radius 3 is 2.63 bits per heavy atom. The van der Waals surface area contributed by atoms with E-state index in [2.05, 4.69) is 5.32 Å². The normalized spacial score (nSPS) is 13.0. The van der Waals surface area contributed by atoms with E-state index in [1.54, 1.807) is 19.1 Å². The van der Waals surface area contributed by atoms with Crippen LogP contribution < -0.4 is 11.1 Å². The number of hydrogen-bond acceptors (Lipinski definition) is 4. The molecule has 1 aromatic rings. The van der Waals surface area contributed by atoms with Crippen molar-refractivity contribution < 1.29 is 13.2 Å². The second kappa shape index (κ2) is 6.06. The predicted molar refractivity (Wildman–Crippen MR) is 75.5 cm³/mol. The van der Waals surface area contributed by atoms with Crippen LogP contribution in [0.5, 0.6) is 0 Å². The van der Waals surface area contributed by atoms with Crippen molar-refractivity contribution in [3.63, 3.8) is 0 Å². The fourth-order valence-corrected chi connectivity index (χ4v) is 3.11. The molecule has 0 aromatic heterocycles. The van der Waals surface area contributed by atoms with Gasteiger partial charge in [-0.2, -0.15) is 0 Å². The van der Waals surface area contributed by atoms with Gasteiger partial charge in [-0.05, 0) is 31.9 Å². The van der Waals surface area contributed by atoms with E-state index >= 15 is 0 Å². The van der Waals surface area contributed by atoms with Gasteiger partial charge in [-0.25, -0.2) is 8.42 Å². The first-order valence-electron chi connectivity index (χ1n) is 6.19. The number of nitrogens with one attached hydrogen (secondary N) is 1. The smallest absolute Gasteiger partial charge is 0.238 e. The highest BCUT2D eigenvalue weighted by molar-refractivity contribution is 7.93. The lowest BCUT2D eigenvalue weighted by Crippen LogP contribution is -2.38. The van der Waals surface area contributed by atoms with E-state index in [0.717, 1.165) is 6.42 Å². The first kappa shape index (κ1) is 15.5. The molecule has 0 aliphatic rings. The van der Waals surface area contributed by atoms with Crippen molar-refractivity contribution in [3.8, 4) is 0 Å². The Balaban J connectivity index is 3.10. The van der Waals surface area contributed by atoms with Crippen LogP contribution in [0.3, 0.4) is 0 Å². The monoisotopic (exact) mass is 284 g/mol. The van der Waals surface area contributed by atoms with E-state index in [1.165, 1.54) is 13.0 Å². The molecule has 0 aliphatic heterocycles. The van der Waals surface area contributed by atoms with Crippen LogP contribution in [-0.2, 0) is 14.6 Å². The van der Waals surface area contributed by atoms with Crippen molar-refractivity contribution in [1.82, 2.24) is 5.32 Å². The second-order valence-electron chi connectivity index (χ2n) is 4.46. The number of benzene rings is 1. The highest BCUT2D eigenvalue weighted by Crippen LogP contribution is 2.25. The Kier molecular flexibility index (Phi) is 4.94. The van der Waals surface area contributed by atoms with E-state index in [9.17, 15) is 13.2 Å². The molecule has 0 saturated heterocycles. The molecule has 19 heavy (non-hydrogen) atoms. The molecular weight excluding hydrogens is 264 g/mol. The van der Waals surface area contributed by atoms with E-state index in [4.69, 9.17) is 5.73 Å². The molecule has 1 atom stereocenters. The number of hydrogen-bond donors (Lipinski definition) is 2. The summed E-state index contributed by atoms with van der Waals surface area (Å²) in [7, 11) is -3.76. The van der Waals surface area contributed by atoms with Gasteiger partial charge in [-0.15, -0.1) is 0 Å². The summed E-state index contributed by atoms with van der Waals surface area (Å²) < 4.78 is 24.7. The molecule has 1 aromatic carbocycles. The molecule has 0 radical (unpaired) electrons. The molecule has 0 aliphatic carbocycles. The van der Waals surface area contributed by atoms with Crippen LogP contribution >= 0.6 is 0 Å². The van der Waals surface area contributed by atoms with E-state index in [1.807, 2.05) is 6.92 Å². The van der Waals surface area contributed by atoms with Gasteiger partial charge in [0.2, 0.25) is 5.91 Å². The van der Waals surface area contributed by atoms with Crippen molar-refractivity contribution in [2.45, 2.75) is 37.3 Å². The molecule has 1 unspecified atom stereocenters. The maximum atomic E-state index is 12.4.